The second kappa shape index (κ2) is 5.85. The molecule has 0 fully saturated rings. The maximum atomic E-state index is 12.0. The van der Waals surface area contributed by atoms with Crippen molar-refractivity contribution in [3.8, 4) is 0 Å². The molecule has 0 spiro atoms. The Bertz CT molecular complexity index is 691. The molecule has 2 aromatic heterocycles. The number of aromatic carboxylic acids is 1. The molecule has 0 aromatic carbocycles. The number of hydrogen-bond donors (Lipinski definition) is 2. The molecular formula is C12H7Cl2N3O3. The smallest absolute Gasteiger partial charge is 0.356 e. The number of hydrogen-bond acceptors (Lipinski definition) is 4. The molecule has 1 amide bonds. The van der Waals surface area contributed by atoms with Crippen LogP contribution in [0.2, 0.25) is 10.2 Å². The lowest BCUT2D eigenvalue weighted by Crippen LogP contribution is -2.16. The number of halogens is 2. The number of carboxylic acids is 1. The van der Waals surface area contributed by atoms with Crippen molar-refractivity contribution in [3.05, 3.63) is 52.0 Å². The molecule has 2 aromatic rings. The van der Waals surface area contributed by atoms with Gasteiger partial charge in [0, 0.05) is 12.4 Å². The highest BCUT2D eigenvalue weighted by atomic mass is 35.5. The fraction of sp³-hybridized carbons (Fsp3) is 0. The van der Waals surface area contributed by atoms with E-state index in [1.54, 1.807) is 0 Å². The van der Waals surface area contributed by atoms with Gasteiger partial charge < -0.3 is 10.4 Å². The van der Waals surface area contributed by atoms with Crippen molar-refractivity contribution in [2.45, 2.75) is 0 Å². The molecule has 0 radical (unpaired) electrons. The van der Waals surface area contributed by atoms with Crippen LogP contribution in [-0.2, 0) is 0 Å². The highest BCUT2D eigenvalue weighted by Crippen LogP contribution is 2.21. The van der Waals surface area contributed by atoms with Crippen LogP contribution < -0.4 is 5.32 Å². The number of nitrogens with one attached hydrogen (secondary N) is 1. The summed E-state index contributed by atoms with van der Waals surface area (Å²) in [7, 11) is 0. The molecule has 2 N–H and O–H groups in total. The molecule has 0 aliphatic carbocycles. The van der Waals surface area contributed by atoms with Crippen molar-refractivity contribution >= 4 is 40.8 Å². The molecule has 0 unspecified atom stereocenters. The lowest BCUT2D eigenvalue weighted by atomic mass is 10.2. The van der Waals surface area contributed by atoms with Gasteiger partial charge in [-0.15, -0.1) is 0 Å². The van der Waals surface area contributed by atoms with Gasteiger partial charge in [-0.2, -0.15) is 0 Å². The van der Waals surface area contributed by atoms with E-state index in [9.17, 15) is 9.59 Å². The van der Waals surface area contributed by atoms with Gasteiger partial charge in [-0.25, -0.2) is 14.8 Å². The van der Waals surface area contributed by atoms with Crippen molar-refractivity contribution in [1.29, 1.82) is 0 Å². The lowest BCUT2D eigenvalue weighted by molar-refractivity contribution is 0.0692. The Morgan fingerprint density at radius 1 is 1.25 bits per heavy atom. The van der Waals surface area contributed by atoms with Crippen molar-refractivity contribution < 1.29 is 14.7 Å². The SMILES string of the molecule is O=C(Nc1cccnc1C(=O)O)c1cnc(Cl)c(Cl)c1. The number of carboxylic acid groups (broad SMARTS) is 1. The fourth-order valence-corrected chi connectivity index (χ4v) is 1.69. The number of anilines is 1. The minimum atomic E-state index is -1.24. The van der Waals surface area contributed by atoms with Crippen molar-refractivity contribution in [1.82, 2.24) is 9.97 Å². The first-order valence-electron chi connectivity index (χ1n) is 5.29. The van der Waals surface area contributed by atoms with Crippen LogP contribution in [0.3, 0.4) is 0 Å². The van der Waals surface area contributed by atoms with Crippen molar-refractivity contribution in [2.75, 3.05) is 5.32 Å². The van der Waals surface area contributed by atoms with Gasteiger partial charge in [-0.05, 0) is 18.2 Å². The molecule has 0 saturated carbocycles. The molecule has 0 bridgehead atoms. The third-order valence-corrected chi connectivity index (χ3v) is 3.00. The van der Waals surface area contributed by atoms with Gasteiger partial charge in [0.1, 0.15) is 5.15 Å². The summed E-state index contributed by atoms with van der Waals surface area (Å²) < 4.78 is 0. The zero-order valence-corrected chi connectivity index (χ0v) is 11.3. The average molecular weight is 312 g/mol. The highest BCUT2D eigenvalue weighted by Gasteiger charge is 2.15. The summed E-state index contributed by atoms with van der Waals surface area (Å²) in [6.07, 6.45) is 2.56. The minimum Gasteiger partial charge on any atom is -0.476 e. The van der Waals surface area contributed by atoms with Gasteiger partial charge in [0.2, 0.25) is 0 Å². The molecular weight excluding hydrogens is 305 g/mol. The Morgan fingerprint density at radius 3 is 2.65 bits per heavy atom. The molecule has 6 nitrogen and oxygen atoms in total. The maximum Gasteiger partial charge on any atom is 0.356 e. The third-order valence-electron chi connectivity index (χ3n) is 2.32. The van der Waals surface area contributed by atoms with Crippen molar-refractivity contribution in [2.24, 2.45) is 0 Å². The van der Waals surface area contributed by atoms with Gasteiger partial charge in [-0.3, -0.25) is 4.79 Å². The molecule has 0 aliphatic heterocycles. The summed E-state index contributed by atoms with van der Waals surface area (Å²) in [6.45, 7) is 0. The normalized spacial score (nSPS) is 10.1. The number of nitrogens with zero attached hydrogens (tertiary/aromatic N) is 2. The van der Waals surface area contributed by atoms with Crippen LogP contribution in [0.4, 0.5) is 5.69 Å². The van der Waals surface area contributed by atoms with Gasteiger partial charge >= 0.3 is 5.97 Å². The van der Waals surface area contributed by atoms with Crippen LogP contribution in [0.1, 0.15) is 20.8 Å². The number of pyridine rings is 2. The van der Waals surface area contributed by atoms with Gasteiger partial charge in [0.25, 0.3) is 5.91 Å². The first-order chi connectivity index (χ1) is 9.49. The summed E-state index contributed by atoms with van der Waals surface area (Å²) >= 11 is 11.4. The van der Waals surface area contributed by atoms with E-state index in [1.807, 2.05) is 0 Å². The molecule has 0 aliphatic rings. The van der Waals surface area contributed by atoms with E-state index < -0.39 is 11.9 Å². The number of carbonyl (C=O) groups excluding carboxylic acids is 1. The molecule has 0 saturated heterocycles. The average Bonchev–Trinajstić information content (AvgIpc) is 2.42. The zero-order valence-electron chi connectivity index (χ0n) is 9.80. The van der Waals surface area contributed by atoms with E-state index in [0.717, 1.165) is 0 Å². The van der Waals surface area contributed by atoms with E-state index in [-0.39, 0.29) is 27.1 Å². The second-order valence-electron chi connectivity index (χ2n) is 3.66. The topological polar surface area (TPSA) is 92.2 Å². The summed E-state index contributed by atoms with van der Waals surface area (Å²) in [5.74, 6) is -1.81. The number of carbonyl (C=O) groups is 2. The summed E-state index contributed by atoms with van der Waals surface area (Å²) in [5, 5.41) is 11.6. The first-order valence-corrected chi connectivity index (χ1v) is 6.05. The number of amides is 1. The highest BCUT2D eigenvalue weighted by molar-refractivity contribution is 6.41. The predicted octanol–water partition coefficient (Wildman–Crippen LogP) is 2.73. The van der Waals surface area contributed by atoms with E-state index in [0.29, 0.717) is 0 Å². The van der Waals surface area contributed by atoms with Crippen LogP contribution in [0, 0.1) is 0 Å². The molecule has 20 heavy (non-hydrogen) atoms. The summed E-state index contributed by atoms with van der Waals surface area (Å²) in [6, 6.07) is 4.28. The van der Waals surface area contributed by atoms with Crippen LogP contribution in [-0.4, -0.2) is 27.0 Å². The molecule has 8 heteroatoms. The Hall–Kier alpha value is -2.18. The largest absolute Gasteiger partial charge is 0.476 e. The van der Waals surface area contributed by atoms with Crippen LogP contribution in [0.5, 0.6) is 0 Å². The van der Waals surface area contributed by atoms with Gasteiger partial charge in [-0.1, -0.05) is 23.2 Å². The monoisotopic (exact) mass is 311 g/mol. The van der Waals surface area contributed by atoms with Crippen molar-refractivity contribution in [3.63, 3.8) is 0 Å². The molecule has 0 atom stereocenters. The third kappa shape index (κ3) is 3.04. The van der Waals surface area contributed by atoms with E-state index >= 15 is 0 Å². The van der Waals surface area contributed by atoms with Gasteiger partial charge in [0.05, 0.1) is 16.3 Å². The molecule has 102 valence electrons. The van der Waals surface area contributed by atoms with E-state index in [2.05, 4.69) is 15.3 Å². The predicted molar refractivity (Wildman–Crippen MR) is 73.4 cm³/mol. The summed E-state index contributed by atoms with van der Waals surface area (Å²) in [5.41, 5.74) is -0.0236. The van der Waals surface area contributed by atoms with Crippen LogP contribution >= 0.6 is 23.2 Å². The lowest BCUT2D eigenvalue weighted by Gasteiger charge is -2.07. The number of rotatable bonds is 3. The van der Waals surface area contributed by atoms with Crippen LogP contribution in [0.15, 0.2) is 30.6 Å². The fourth-order valence-electron chi connectivity index (χ4n) is 1.42. The Kier molecular flexibility index (Phi) is 4.16. The quantitative estimate of drug-likeness (QED) is 0.850. The standard InChI is InChI=1S/C12H7Cl2N3O3/c13-7-4-6(5-16-10(7)14)11(18)17-8-2-1-3-15-9(8)12(19)20/h1-5H,(H,17,18)(H,19,20). The maximum absolute atomic E-state index is 12.0. The van der Waals surface area contributed by atoms with E-state index in [4.69, 9.17) is 28.3 Å². The second-order valence-corrected chi connectivity index (χ2v) is 4.42. The zero-order chi connectivity index (χ0) is 14.7. The molecule has 2 heterocycles. The Labute approximate surface area is 123 Å². The Balaban J connectivity index is 2.28. The summed E-state index contributed by atoms with van der Waals surface area (Å²) in [4.78, 5) is 30.4. The Morgan fingerprint density at radius 2 is 2.00 bits per heavy atom. The molecule has 2 rings (SSSR count). The van der Waals surface area contributed by atoms with Crippen LogP contribution in [0.25, 0.3) is 0 Å². The van der Waals surface area contributed by atoms with Gasteiger partial charge in [0.15, 0.2) is 5.69 Å². The minimum absolute atomic E-state index is 0.0795. The number of aromatic nitrogens is 2. The van der Waals surface area contributed by atoms with E-state index in [1.165, 1.54) is 30.6 Å². The first kappa shape index (κ1) is 14.2.